The van der Waals surface area contributed by atoms with Gasteiger partial charge >= 0.3 is 0 Å². The number of tetrazole rings is 1. The highest BCUT2D eigenvalue weighted by Crippen LogP contribution is 2.20. The van der Waals surface area contributed by atoms with Crippen molar-refractivity contribution in [3.05, 3.63) is 29.8 Å². The number of hydrogen-bond acceptors (Lipinski definition) is 6. The average molecular weight is 349 g/mol. The Balaban J connectivity index is 1.64. The van der Waals surface area contributed by atoms with Gasteiger partial charge in [-0.1, -0.05) is 0 Å². The molecule has 2 heterocycles. The standard InChI is InChI=1S/C16H20FN5O3/c1-10(25-9-13-4-3-7-24-13)16(23)18-15-8-12(5-6-14(15)17)22-11(2)19-20-21-22/h5-6,8,10,13H,3-4,7,9H2,1-2H3,(H,18,23)/t10-,13-/m0/s1. The zero-order valence-electron chi connectivity index (χ0n) is 14.1. The number of carbonyl (C=O) groups excluding carboxylic acids is 1. The van der Waals surface area contributed by atoms with E-state index < -0.39 is 17.8 Å². The fraction of sp³-hybridized carbons (Fsp3) is 0.500. The zero-order valence-corrected chi connectivity index (χ0v) is 14.1. The minimum atomic E-state index is -0.720. The van der Waals surface area contributed by atoms with Crippen molar-refractivity contribution in [3.8, 4) is 5.69 Å². The number of nitrogens with one attached hydrogen (secondary N) is 1. The number of anilines is 1. The Morgan fingerprint density at radius 3 is 3.08 bits per heavy atom. The lowest BCUT2D eigenvalue weighted by molar-refractivity contribution is -0.128. The summed E-state index contributed by atoms with van der Waals surface area (Å²) in [7, 11) is 0. The predicted octanol–water partition coefficient (Wildman–Crippen LogP) is 1.63. The second-order valence-electron chi connectivity index (χ2n) is 5.90. The zero-order chi connectivity index (χ0) is 17.8. The molecule has 1 saturated heterocycles. The lowest BCUT2D eigenvalue weighted by atomic mass is 10.2. The first-order chi connectivity index (χ1) is 12.0. The van der Waals surface area contributed by atoms with Crippen LogP contribution in [0, 0.1) is 12.7 Å². The van der Waals surface area contributed by atoms with Crippen molar-refractivity contribution in [2.24, 2.45) is 0 Å². The maximum absolute atomic E-state index is 14.0. The number of benzene rings is 1. The fourth-order valence-electron chi connectivity index (χ4n) is 2.55. The molecule has 1 aliphatic rings. The van der Waals surface area contributed by atoms with E-state index in [1.807, 2.05) is 0 Å². The molecule has 1 amide bonds. The van der Waals surface area contributed by atoms with E-state index in [2.05, 4.69) is 20.8 Å². The van der Waals surface area contributed by atoms with E-state index in [0.717, 1.165) is 19.4 Å². The van der Waals surface area contributed by atoms with Gasteiger partial charge in [0.05, 0.1) is 24.1 Å². The molecule has 3 rings (SSSR count). The molecule has 8 nitrogen and oxygen atoms in total. The molecule has 1 fully saturated rings. The third-order valence-corrected chi connectivity index (χ3v) is 4.00. The highest BCUT2D eigenvalue weighted by atomic mass is 19.1. The molecule has 0 aliphatic carbocycles. The summed E-state index contributed by atoms with van der Waals surface area (Å²) in [4.78, 5) is 12.2. The molecule has 1 N–H and O–H groups in total. The Kier molecular flexibility index (Phi) is 5.34. The Labute approximate surface area is 144 Å². The summed E-state index contributed by atoms with van der Waals surface area (Å²) in [6.45, 7) is 4.42. The molecule has 0 spiro atoms. The van der Waals surface area contributed by atoms with Crippen LogP contribution < -0.4 is 5.32 Å². The smallest absolute Gasteiger partial charge is 0.253 e. The molecule has 25 heavy (non-hydrogen) atoms. The van der Waals surface area contributed by atoms with Crippen LogP contribution in [0.5, 0.6) is 0 Å². The maximum Gasteiger partial charge on any atom is 0.253 e. The van der Waals surface area contributed by atoms with E-state index in [0.29, 0.717) is 18.1 Å². The van der Waals surface area contributed by atoms with Crippen LogP contribution in [0.25, 0.3) is 5.69 Å². The number of hydrogen-bond donors (Lipinski definition) is 1. The minimum absolute atomic E-state index is 0.0260. The number of amides is 1. The van der Waals surface area contributed by atoms with E-state index >= 15 is 0 Å². The number of halogens is 1. The summed E-state index contributed by atoms with van der Waals surface area (Å²) in [5, 5.41) is 13.7. The monoisotopic (exact) mass is 349 g/mol. The summed E-state index contributed by atoms with van der Waals surface area (Å²) < 4.78 is 26.5. The van der Waals surface area contributed by atoms with Gasteiger partial charge in [0.25, 0.3) is 5.91 Å². The van der Waals surface area contributed by atoms with Crippen LogP contribution in [0.2, 0.25) is 0 Å². The highest BCUT2D eigenvalue weighted by Gasteiger charge is 2.21. The van der Waals surface area contributed by atoms with Crippen molar-refractivity contribution in [2.45, 2.75) is 38.9 Å². The van der Waals surface area contributed by atoms with E-state index in [4.69, 9.17) is 9.47 Å². The second-order valence-corrected chi connectivity index (χ2v) is 5.90. The molecule has 1 aromatic heterocycles. The molecule has 2 aromatic rings. The van der Waals surface area contributed by atoms with Crippen LogP contribution in [0.4, 0.5) is 10.1 Å². The molecular weight excluding hydrogens is 329 g/mol. The Bertz CT molecular complexity index is 745. The quantitative estimate of drug-likeness (QED) is 0.852. The second kappa shape index (κ2) is 7.66. The van der Waals surface area contributed by atoms with Gasteiger partial charge in [0.15, 0.2) is 5.82 Å². The molecule has 134 valence electrons. The number of ether oxygens (including phenoxy) is 2. The van der Waals surface area contributed by atoms with E-state index in [1.165, 1.54) is 22.9 Å². The van der Waals surface area contributed by atoms with Gasteiger partial charge in [-0.15, -0.1) is 5.10 Å². The van der Waals surface area contributed by atoms with Gasteiger partial charge in [0.2, 0.25) is 0 Å². The highest BCUT2D eigenvalue weighted by molar-refractivity contribution is 5.94. The van der Waals surface area contributed by atoms with Gasteiger partial charge in [-0.3, -0.25) is 4.79 Å². The van der Waals surface area contributed by atoms with Gasteiger partial charge in [-0.05, 0) is 55.3 Å². The summed E-state index contributed by atoms with van der Waals surface area (Å²) in [6.07, 6.45) is 1.24. The first-order valence-corrected chi connectivity index (χ1v) is 8.13. The van der Waals surface area contributed by atoms with E-state index in [1.54, 1.807) is 13.8 Å². The Hall–Kier alpha value is -2.39. The lowest BCUT2D eigenvalue weighted by Crippen LogP contribution is -2.30. The molecule has 0 saturated carbocycles. The first kappa shape index (κ1) is 17.4. The van der Waals surface area contributed by atoms with Gasteiger partial charge in [-0.2, -0.15) is 4.68 Å². The number of rotatable bonds is 6. The van der Waals surface area contributed by atoms with E-state index in [-0.39, 0.29) is 11.8 Å². The number of carbonyl (C=O) groups is 1. The lowest BCUT2D eigenvalue weighted by Gasteiger charge is -2.16. The maximum atomic E-state index is 14.0. The molecule has 0 bridgehead atoms. The number of nitrogens with zero attached hydrogens (tertiary/aromatic N) is 4. The van der Waals surface area contributed by atoms with Crippen LogP contribution in [-0.4, -0.2) is 51.5 Å². The predicted molar refractivity (Wildman–Crippen MR) is 86.9 cm³/mol. The van der Waals surface area contributed by atoms with Crippen LogP contribution >= 0.6 is 0 Å². The van der Waals surface area contributed by atoms with Crippen molar-refractivity contribution in [2.75, 3.05) is 18.5 Å². The summed E-state index contributed by atoms with van der Waals surface area (Å²) in [6, 6.07) is 4.26. The van der Waals surface area contributed by atoms with Gasteiger partial charge in [-0.25, -0.2) is 4.39 Å². The van der Waals surface area contributed by atoms with E-state index in [9.17, 15) is 9.18 Å². The largest absolute Gasteiger partial charge is 0.376 e. The van der Waals surface area contributed by atoms with Crippen molar-refractivity contribution in [1.82, 2.24) is 20.2 Å². The molecule has 1 aliphatic heterocycles. The van der Waals surface area contributed by atoms with Crippen LogP contribution in [0.15, 0.2) is 18.2 Å². The normalized spacial score (nSPS) is 18.3. The summed E-state index contributed by atoms with van der Waals surface area (Å²) in [5.74, 6) is -0.422. The molecule has 9 heteroatoms. The summed E-state index contributed by atoms with van der Waals surface area (Å²) >= 11 is 0. The van der Waals surface area contributed by atoms with Crippen molar-refractivity contribution >= 4 is 11.6 Å². The van der Waals surface area contributed by atoms with Crippen molar-refractivity contribution in [1.29, 1.82) is 0 Å². The van der Waals surface area contributed by atoms with Crippen LogP contribution in [-0.2, 0) is 14.3 Å². The Morgan fingerprint density at radius 2 is 2.40 bits per heavy atom. The molecule has 2 atom stereocenters. The van der Waals surface area contributed by atoms with Gasteiger partial charge < -0.3 is 14.8 Å². The first-order valence-electron chi connectivity index (χ1n) is 8.13. The molecular formula is C16H20FN5O3. The van der Waals surface area contributed by atoms with Gasteiger partial charge in [0.1, 0.15) is 11.9 Å². The molecule has 0 unspecified atom stereocenters. The number of aromatic nitrogens is 4. The third kappa shape index (κ3) is 4.18. The summed E-state index contributed by atoms with van der Waals surface area (Å²) in [5.41, 5.74) is 0.595. The molecule has 1 aromatic carbocycles. The van der Waals surface area contributed by atoms with Gasteiger partial charge in [0, 0.05) is 6.61 Å². The van der Waals surface area contributed by atoms with Crippen LogP contribution in [0.3, 0.4) is 0 Å². The topological polar surface area (TPSA) is 91.2 Å². The third-order valence-electron chi connectivity index (χ3n) is 4.00. The number of aryl methyl sites for hydroxylation is 1. The Morgan fingerprint density at radius 1 is 1.56 bits per heavy atom. The molecule has 0 radical (unpaired) electrons. The fourth-order valence-corrected chi connectivity index (χ4v) is 2.55. The van der Waals surface area contributed by atoms with Crippen molar-refractivity contribution < 1.29 is 18.7 Å². The average Bonchev–Trinajstić information content (AvgIpc) is 3.26. The van der Waals surface area contributed by atoms with Crippen LogP contribution in [0.1, 0.15) is 25.6 Å². The minimum Gasteiger partial charge on any atom is -0.376 e. The van der Waals surface area contributed by atoms with Crippen molar-refractivity contribution in [3.63, 3.8) is 0 Å². The SMILES string of the molecule is Cc1nnnn1-c1ccc(F)c(NC(=O)[C@H](C)OC[C@@H]2CCCO2)c1.